The van der Waals surface area contributed by atoms with E-state index in [0.29, 0.717) is 5.92 Å². The monoisotopic (exact) mass is 186 g/mol. The molecule has 0 bridgehead atoms. The maximum Gasteiger partial charge on any atom is 0.409 e. The van der Waals surface area contributed by atoms with E-state index < -0.39 is 0 Å². The van der Waals surface area contributed by atoms with Gasteiger partial charge in [0.15, 0.2) is 0 Å². The predicted octanol–water partition coefficient (Wildman–Crippen LogP) is 0.812. The number of ether oxygens (including phenoxy) is 1. The fourth-order valence-electron chi connectivity index (χ4n) is 1.53. The Bertz CT molecular complexity index is 176. The zero-order valence-corrected chi connectivity index (χ0v) is 8.32. The Balaban J connectivity index is 2.08. The lowest BCUT2D eigenvalue weighted by molar-refractivity contribution is 0.0636. The van der Waals surface area contributed by atoms with Crippen LogP contribution in [0.4, 0.5) is 4.79 Å². The van der Waals surface area contributed by atoms with Crippen molar-refractivity contribution in [3.8, 4) is 0 Å². The summed E-state index contributed by atoms with van der Waals surface area (Å²) in [5.74, 6) is 0.630. The van der Waals surface area contributed by atoms with E-state index in [9.17, 15) is 4.79 Å². The van der Waals surface area contributed by atoms with Gasteiger partial charge in [-0.15, -0.1) is 0 Å². The molecule has 0 aromatic carbocycles. The highest BCUT2D eigenvalue weighted by atomic mass is 16.5. The van der Waals surface area contributed by atoms with E-state index in [1.165, 1.54) is 7.11 Å². The van der Waals surface area contributed by atoms with Gasteiger partial charge in [-0.25, -0.2) is 4.79 Å². The Morgan fingerprint density at radius 1 is 1.69 bits per heavy atom. The summed E-state index contributed by atoms with van der Waals surface area (Å²) in [5.41, 5.74) is 5.63. The lowest BCUT2D eigenvalue weighted by Crippen LogP contribution is -2.50. The van der Waals surface area contributed by atoms with Gasteiger partial charge in [0, 0.05) is 19.1 Å². The van der Waals surface area contributed by atoms with Crippen LogP contribution in [0.15, 0.2) is 0 Å². The fourth-order valence-corrected chi connectivity index (χ4v) is 1.53. The number of carbonyl (C=O) groups is 1. The van der Waals surface area contributed by atoms with E-state index in [4.69, 9.17) is 5.73 Å². The minimum atomic E-state index is -0.211. The standard InChI is InChI=1S/C9H18N2O2/c1-7(10)3-4-8-5-11(6-8)9(12)13-2/h7-8H,3-6,10H2,1-2H3. The van der Waals surface area contributed by atoms with Gasteiger partial charge >= 0.3 is 6.09 Å². The highest BCUT2D eigenvalue weighted by Gasteiger charge is 2.30. The minimum Gasteiger partial charge on any atom is -0.453 e. The number of likely N-dealkylation sites (tertiary alicyclic amines) is 1. The first-order valence-electron chi connectivity index (χ1n) is 4.72. The molecular formula is C9H18N2O2. The third-order valence-electron chi connectivity index (χ3n) is 2.42. The molecule has 2 N–H and O–H groups in total. The lowest BCUT2D eigenvalue weighted by atomic mass is 9.93. The molecule has 1 rings (SSSR count). The van der Waals surface area contributed by atoms with Gasteiger partial charge in [-0.2, -0.15) is 0 Å². The Labute approximate surface area is 79.0 Å². The van der Waals surface area contributed by atoms with Crippen LogP contribution in [-0.2, 0) is 4.74 Å². The first-order valence-corrected chi connectivity index (χ1v) is 4.72. The van der Waals surface area contributed by atoms with Gasteiger partial charge in [-0.05, 0) is 25.7 Å². The van der Waals surface area contributed by atoms with Crippen LogP contribution < -0.4 is 5.73 Å². The highest BCUT2D eigenvalue weighted by Crippen LogP contribution is 2.21. The Morgan fingerprint density at radius 2 is 2.31 bits per heavy atom. The summed E-state index contributed by atoms with van der Waals surface area (Å²) in [6.07, 6.45) is 1.95. The molecule has 4 nitrogen and oxygen atoms in total. The largest absolute Gasteiger partial charge is 0.453 e. The molecule has 1 atom stereocenters. The van der Waals surface area contributed by atoms with Gasteiger partial charge in [0.25, 0.3) is 0 Å². The number of hydrogen-bond acceptors (Lipinski definition) is 3. The molecule has 1 fully saturated rings. The summed E-state index contributed by atoms with van der Waals surface area (Å²) in [5, 5.41) is 0. The number of rotatable bonds is 3. The van der Waals surface area contributed by atoms with Crippen LogP contribution >= 0.6 is 0 Å². The molecule has 1 amide bonds. The van der Waals surface area contributed by atoms with E-state index in [1.807, 2.05) is 6.92 Å². The lowest BCUT2D eigenvalue weighted by Gasteiger charge is -2.38. The van der Waals surface area contributed by atoms with Crippen LogP contribution in [-0.4, -0.2) is 37.2 Å². The molecule has 0 aliphatic carbocycles. The van der Waals surface area contributed by atoms with Crippen molar-refractivity contribution in [1.82, 2.24) is 4.90 Å². The van der Waals surface area contributed by atoms with Gasteiger partial charge < -0.3 is 15.4 Å². The second-order valence-corrected chi connectivity index (χ2v) is 3.80. The second-order valence-electron chi connectivity index (χ2n) is 3.80. The summed E-state index contributed by atoms with van der Waals surface area (Å²) in [6, 6.07) is 0.271. The molecule has 0 aromatic rings. The van der Waals surface area contributed by atoms with Crippen LogP contribution in [0, 0.1) is 5.92 Å². The smallest absolute Gasteiger partial charge is 0.409 e. The second kappa shape index (κ2) is 4.46. The number of carbonyl (C=O) groups excluding carboxylic acids is 1. The van der Waals surface area contributed by atoms with E-state index in [1.54, 1.807) is 4.90 Å². The summed E-state index contributed by atoms with van der Waals surface area (Å²) in [7, 11) is 1.41. The molecule has 1 heterocycles. The zero-order valence-electron chi connectivity index (χ0n) is 8.32. The highest BCUT2D eigenvalue weighted by molar-refractivity contribution is 5.68. The van der Waals surface area contributed by atoms with E-state index >= 15 is 0 Å². The molecule has 1 aliphatic heterocycles. The van der Waals surface area contributed by atoms with Crippen molar-refractivity contribution in [1.29, 1.82) is 0 Å². The summed E-state index contributed by atoms with van der Waals surface area (Å²) in [4.78, 5) is 12.7. The molecule has 4 heteroatoms. The summed E-state index contributed by atoms with van der Waals surface area (Å²) >= 11 is 0. The van der Waals surface area contributed by atoms with Crippen molar-refractivity contribution >= 4 is 6.09 Å². The number of nitrogens with zero attached hydrogens (tertiary/aromatic N) is 1. The molecule has 0 radical (unpaired) electrons. The van der Waals surface area contributed by atoms with E-state index in [-0.39, 0.29) is 12.1 Å². The number of hydrogen-bond donors (Lipinski definition) is 1. The average molecular weight is 186 g/mol. The third kappa shape index (κ3) is 2.88. The van der Waals surface area contributed by atoms with Crippen molar-refractivity contribution in [2.75, 3.05) is 20.2 Å². The molecule has 1 saturated heterocycles. The van der Waals surface area contributed by atoms with Gasteiger partial charge in [0.05, 0.1) is 7.11 Å². The number of nitrogens with two attached hydrogens (primary N) is 1. The van der Waals surface area contributed by atoms with Crippen LogP contribution in [0.1, 0.15) is 19.8 Å². The van der Waals surface area contributed by atoms with Crippen molar-refractivity contribution in [3.05, 3.63) is 0 Å². The predicted molar refractivity (Wildman–Crippen MR) is 50.4 cm³/mol. The van der Waals surface area contributed by atoms with Crippen molar-refractivity contribution in [3.63, 3.8) is 0 Å². The van der Waals surface area contributed by atoms with E-state index in [0.717, 1.165) is 25.9 Å². The summed E-state index contributed by atoms with van der Waals surface area (Å²) in [6.45, 7) is 3.68. The van der Waals surface area contributed by atoms with Gasteiger partial charge in [-0.3, -0.25) is 0 Å². The molecule has 0 aromatic heterocycles. The molecule has 1 aliphatic rings. The topological polar surface area (TPSA) is 55.6 Å². The van der Waals surface area contributed by atoms with Crippen molar-refractivity contribution in [2.24, 2.45) is 11.7 Å². The number of methoxy groups -OCH3 is 1. The van der Waals surface area contributed by atoms with Crippen LogP contribution in [0.5, 0.6) is 0 Å². The van der Waals surface area contributed by atoms with Crippen LogP contribution in [0.25, 0.3) is 0 Å². The molecular weight excluding hydrogens is 168 g/mol. The third-order valence-corrected chi connectivity index (χ3v) is 2.42. The van der Waals surface area contributed by atoms with Gasteiger partial charge in [0.2, 0.25) is 0 Å². The van der Waals surface area contributed by atoms with Gasteiger partial charge in [-0.1, -0.05) is 0 Å². The molecule has 13 heavy (non-hydrogen) atoms. The first kappa shape index (κ1) is 10.3. The first-order chi connectivity index (χ1) is 6.13. The van der Waals surface area contributed by atoms with Crippen LogP contribution in [0.3, 0.4) is 0 Å². The molecule has 0 saturated carbocycles. The maximum atomic E-state index is 11.0. The zero-order chi connectivity index (χ0) is 9.84. The Hall–Kier alpha value is -0.770. The van der Waals surface area contributed by atoms with Crippen molar-refractivity contribution < 1.29 is 9.53 Å². The molecule has 0 spiro atoms. The van der Waals surface area contributed by atoms with Gasteiger partial charge in [0.1, 0.15) is 0 Å². The maximum absolute atomic E-state index is 11.0. The molecule has 1 unspecified atom stereocenters. The van der Waals surface area contributed by atoms with Crippen molar-refractivity contribution in [2.45, 2.75) is 25.8 Å². The Kier molecular flexibility index (Phi) is 3.54. The average Bonchev–Trinajstić information content (AvgIpc) is 2.00. The summed E-state index contributed by atoms with van der Waals surface area (Å²) < 4.78 is 4.59. The minimum absolute atomic E-state index is 0.211. The Morgan fingerprint density at radius 3 is 2.77 bits per heavy atom. The normalized spacial score (nSPS) is 19.5. The SMILES string of the molecule is COC(=O)N1CC(CCC(C)N)C1. The quantitative estimate of drug-likeness (QED) is 0.709. The number of amides is 1. The van der Waals surface area contributed by atoms with E-state index in [2.05, 4.69) is 4.74 Å². The molecule has 76 valence electrons. The fraction of sp³-hybridized carbons (Fsp3) is 0.889. The van der Waals surface area contributed by atoms with Crippen LogP contribution in [0.2, 0.25) is 0 Å².